The zero-order valence-electron chi connectivity index (χ0n) is 11.5. The Morgan fingerprint density at radius 3 is 2.30 bits per heavy atom. The number of sulfone groups is 1. The molecule has 0 fully saturated rings. The summed E-state index contributed by atoms with van der Waals surface area (Å²) in [4.78, 5) is 21.7. The first kappa shape index (κ1) is 16.1. The Morgan fingerprint density at radius 2 is 1.90 bits per heavy atom. The number of hydrogen-bond acceptors (Lipinski definition) is 6. The predicted octanol–water partition coefficient (Wildman–Crippen LogP) is 1.66. The predicted molar refractivity (Wildman–Crippen MR) is 72.3 cm³/mol. The van der Waals surface area contributed by atoms with Crippen LogP contribution >= 0.6 is 0 Å². The van der Waals surface area contributed by atoms with E-state index in [2.05, 4.69) is 4.74 Å². The number of hydrogen-bond donors (Lipinski definition) is 0. The zero-order chi connectivity index (χ0) is 15.7. The lowest BCUT2D eigenvalue weighted by atomic mass is 9.99. The van der Waals surface area contributed by atoms with Crippen LogP contribution in [0, 0.1) is 10.1 Å². The fraction of sp³-hybridized carbons (Fsp3) is 0.417. The van der Waals surface area contributed by atoms with Gasteiger partial charge in [0.25, 0.3) is 5.69 Å². The summed E-state index contributed by atoms with van der Waals surface area (Å²) in [5.41, 5.74) is -0.462. The number of nitrogens with zero attached hydrogens (tertiary/aromatic N) is 1. The highest BCUT2D eigenvalue weighted by molar-refractivity contribution is 7.91. The van der Waals surface area contributed by atoms with Crippen molar-refractivity contribution in [1.82, 2.24) is 0 Å². The molecule has 0 aliphatic carbocycles. The number of methoxy groups -OCH3 is 1. The van der Waals surface area contributed by atoms with E-state index in [1.165, 1.54) is 26.0 Å². The molecule has 7 nitrogen and oxygen atoms in total. The second-order valence-electron chi connectivity index (χ2n) is 4.76. The molecule has 1 aromatic rings. The Hall–Kier alpha value is -1.96. The van der Waals surface area contributed by atoms with Crippen LogP contribution in [0.1, 0.15) is 29.8 Å². The molecule has 0 saturated carbocycles. The van der Waals surface area contributed by atoms with Crippen molar-refractivity contribution in [2.45, 2.75) is 18.6 Å². The molecule has 110 valence electrons. The molecule has 0 spiro atoms. The lowest BCUT2D eigenvalue weighted by Crippen LogP contribution is -2.28. The third-order valence-electron chi connectivity index (χ3n) is 3.22. The second kappa shape index (κ2) is 5.20. The first-order valence-corrected chi connectivity index (χ1v) is 7.48. The summed E-state index contributed by atoms with van der Waals surface area (Å²) < 4.78 is 26.7. The maximum absolute atomic E-state index is 11.7. The Bertz CT molecular complexity index is 663. The molecule has 0 unspecified atom stereocenters. The fourth-order valence-corrected chi connectivity index (χ4v) is 2.11. The molecule has 0 N–H and O–H groups in total. The van der Waals surface area contributed by atoms with E-state index in [-0.39, 0.29) is 11.1 Å². The number of carbonyl (C=O) groups excluding carboxylic acids is 1. The lowest BCUT2D eigenvalue weighted by Gasteiger charge is -2.23. The molecular formula is C12H15NO6S. The molecule has 0 aromatic heterocycles. The highest BCUT2D eigenvalue weighted by atomic mass is 32.2. The van der Waals surface area contributed by atoms with Crippen molar-refractivity contribution in [2.75, 3.05) is 13.4 Å². The molecule has 0 heterocycles. The van der Waals surface area contributed by atoms with E-state index >= 15 is 0 Å². The zero-order valence-corrected chi connectivity index (χ0v) is 12.4. The Morgan fingerprint density at radius 1 is 1.35 bits per heavy atom. The highest BCUT2D eigenvalue weighted by Gasteiger charge is 2.34. The molecule has 0 saturated heterocycles. The molecule has 0 amide bonds. The van der Waals surface area contributed by atoms with Crippen molar-refractivity contribution in [3.63, 3.8) is 0 Å². The molecule has 20 heavy (non-hydrogen) atoms. The summed E-state index contributed by atoms with van der Waals surface area (Å²) in [7, 11) is -2.36. The number of nitro groups is 1. The van der Waals surface area contributed by atoms with Gasteiger partial charge < -0.3 is 4.74 Å². The van der Waals surface area contributed by atoms with Gasteiger partial charge in [-0.05, 0) is 25.5 Å². The van der Waals surface area contributed by atoms with Crippen molar-refractivity contribution < 1.29 is 22.9 Å². The van der Waals surface area contributed by atoms with Crippen LogP contribution in [0.4, 0.5) is 5.69 Å². The maximum atomic E-state index is 11.7. The van der Waals surface area contributed by atoms with Gasteiger partial charge in [0, 0.05) is 12.3 Å². The van der Waals surface area contributed by atoms with Crippen molar-refractivity contribution in [3.8, 4) is 0 Å². The van der Waals surface area contributed by atoms with Gasteiger partial charge in [0.05, 0.1) is 16.8 Å². The van der Waals surface area contributed by atoms with Gasteiger partial charge in [0.2, 0.25) is 0 Å². The number of ether oxygens (including phenoxy) is 1. The van der Waals surface area contributed by atoms with Gasteiger partial charge in [0.1, 0.15) is 5.56 Å². The van der Waals surface area contributed by atoms with E-state index in [0.29, 0.717) is 0 Å². The van der Waals surface area contributed by atoms with Crippen molar-refractivity contribution >= 4 is 21.5 Å². The first-order chi connectivity index (χ1) is 9.02. The van der Waals surface area contributed by atoms with Crippen LogP contribution in [0.2, 0.25) is 0 Å². The molecule has 0 aliphatic heterocycles. The first-order valence-electron chi connectivity index (χ1n) is 5.59. The summed E-state index contributed by atoms with van der Waals surface area (Å²) in [6.45, 7) is 2.89. The Labute approximate surface area is 116 Å². The van der Waals surface area contributed by atoms with Gasteiger partial charge in [-0.1, -0.05) is 6.07 Å². The normalized spacial score (nSPS) is 12.0. The van der Waals surface area contributed by atoms with Crippen LogP contribution in [0.3, 0.4) is 0 Å². The van der Waals surface area contributed by atoms with Gasteiger partial charge >= 0.3 is 5.97 Å². The fourth-order valence-electron chi connectivity index (χ4n) is 1.55. The lowest BCUT2D eigenvalue weighted by molar-refractivity contribution is -0.385. The third-order valence-corrected chi connectivity index (χ3v) is 5.31. The maximum Gasteiger partial charge on any atom is 0.344 e. The summed E-state index contributed by atoms with van der Waals surface area (Å²) in [6.07, 6.45) is 1.05. The minimum absolute atomic E-state index is 0.217. The van der Waals surface area contributed by atoms with Gasteiger partial charge in [-0.2, -0.15) is 0 Å². The van der Waals surface area contributed by atoms with Crippen molar-refractivity contribution in [1.29, 1.82) is 0 Å². The quantitative estimate of drug-likeness (QED) is 0.476. The van der Waals surface area contributed by atoms with Crippen LogP contribution in [-0.2, 0) is 19.3 Å². The molecule has 1 rings (SSSR count). The smallest absolute Gasteiger partial charge is 0.344 e. The summed E-state index contributed by atoms with van der Waals surface area (Å²) >= 11 is 0. The number of rotatable bonds is 4. The average molecular weight is 301 g/mol. The molecule has 1 aromatic carbocycles. The summed E-state index contributed by atoms with van der Waals surface area (Å²) in [6, 6.07) is 3.67. The topological polar surface area (TPSA) is 104 Å². The monoisotopic (exact) mass is 301 g/mol. The van der Waals surface area contributed by atoms with Gasteiger partial charge in [-0.3, -0.25) is 10.1 Å². The second-order valence-corrected chi connectivity index (χ2v) is 7.33. The van der Waals surface area contributed by atoms with Gasteiger partial charge in [0.15, 0.2) is 9.84 Å². The van der Waals surface area contributed by atoms with Crippen molar-refractivity contribution in [2.24, 2.45) is 0 Å². The van der Waals surface area contributed by atoms with E-state index in [9.17, 15) is 23.3 Å². The van der Waals surface area contributed by atoms with Crippen LogP contribution < -0.4 is 0 Å². The van der Waals surface area contributed by atoms with E-state index in [4.69, 9.17) is 0 Å². The number of esters is 1. The Balaban J connectivity index is 3.54. The summed E-state index contributed by atoms with van der Waals surface area (Å²) in [5, 5.41) is 11.0. The molecule has 0 radical (unpaired) electrons. The number of benzene rings is 1. The van der Waals surface area contributed by atoms with Crippen molar-refractivity contribution in [3.05, 3.63) is 39.4 Å². The molecule has 0 bridgehead atoms. The SMILES string of the molecule is COC(=O)c1ccc(C(C)(C)S(C)(=O)=O)cc1[N+](=O)[O-]. The average Bonchev–Trinajstić information content (AvgIpc) is 2.35. The van der Waals surface area contributed by atoms with Gasteiger partial charge in [-0.15, -0.1) is 0 Å². The minimum Gasteiger partial charge on any atom is -0.465 e. The largest absolute Gasteiger partial charge is 0.465 e. The van der Waals surface area contributed by atoms with E-state index in [0.717, 1.165) is 19.4 Å². The standard InChI is InChI=1S/C12H15NO6S/c1-12(2,20(4,17)18)8-5-6-9(11(14)19-3)10(7-8)13(15)16/h5-7H,1-4H3. The Kier molecular flexibility index (Phi) is 4.18. The minimum atomic E-state index is -3.48. The highest BCUT2D eigenvalue weighted by Crippen LogP contribution is 2.32. The van der Waals surface area contributed by atoms with Crippen LogP contribution in [0.5, 0.6) is 0 Å². The van der Waals surface area contributed by atoms with E-state index in [1.54, 1.807) is 0 Å². The van der Waals surface area contributed by atoms with E-state index < -0.39 is 31.2 Å². The molecule has 0 atom stereocenters. The number of nitro benzene ring substituents is 1. The number of carbonyl (C=O) groups is 1. The summed E-state index contributed by atoms with van der Waals surface area (Å²) in [5.74, 6) is -0.847. The van der Waals surface area contributed by atoms with Gasteiger partial charge in [-0.25, -0.2) is 13.2 Å². The molecule has 0 aliphatic rings. The van der Waals surface area contributed by atoms with Crippen LogP contribution in [0.25, 0.3) is 0 Å². The molecule has 8 heteroatoms. The van der Waals surface area contributed by atoms with Crippen LogP contribution in [0.15, 0.2) is 18.2 Å². The molecular weight excluding hydrogens is 286 g/mol. The van der Waals surface area contributed by atoms with Crippen LogP contribution in [-0.4, -0.2) is 32.7 Å². The third kappa shape index (κ3) is 2.79. The van der Waals surface area contributed by atoms with E-state index in [1.807, 2.05) is 0 Å².